The van der Waals surface area contributed by atoms with Gasteiger partial charge in [-0.1, -0.05) is 32.0 Å². The number of hydrogen-bond acceptors (Lipinski definition) is 3. The summed E-state index contributed by atoms with van der Waals surface area (Å²) in [5.74, 6) is 2.40. The fraction of sp³-hybridized carbons (Fsp3) is 0.500. The van der Waals surface area contributed by atoms with Crippen molar-refractivity contribution >= 4 is 35.6 Å². The number of nitrogens with one attached hydrogen (secondary N) is 1. The molecule has 1 aliphatic rings. The van der Waals surface area contributed by atoms with Crippen LogP contribution in [0.3, 0.4) is 0 Å². The number of guanidine groups is 1. The van der Waals surface area contributed by atoms with Crippen LogP contribution >= 0.6 is 24.0 Å². The van der Waals surface area contributed by atoms with E-state index in [0.717, 1.165) is 43.1 Å². The van der Waals surface area contributed by atoms with Gasteiger partial charge in [0.25, 0.3) is 0 Å². The zero-order valence-electron chi connectivity index (χ0n) is 15.0. The number of aromatic nitrogens is 3. The summed E-state index contributed by atoms with van der Waals surface area (Å²) in [7, 11) is 0. The van der Waals surface area contributed by atoms with E-state index >= 15 is 0 Å². The number of aliphatic imine (C=N–C) groups is 1. The molecule has 0 unspecified atom stereocenters. The van der Waals surface area contributed by atoms with Crippen LogP contribution < -0.4 is 11.1 Å². The lowest BCUT2D eigenvalue weighted by molar-refractivity contribution is 0.508. The van der Waals surface area contributed by atoms with Crippen LogP contribution in [0, 0.1) is 0 Å². The van der Waals surface area contributed by atoms with Gasteiger partial charge in [0.1, 0.15) is 12.4 Å². The van der Waals surface area contributed by atoms with Crippen LogP contribution in [0.25, 0.3) is 0 Å². The third-order valence-corrected chi connectivity index (χ3v) is 4.58. The molecule has 3 rings (SSSR count). The second-order valence-corrected chi connectivity index (χ2v) is 6.13. The van der Waals surface area contributed by atoms with E-state index in [4.69, 9.17) is 5.73 Å². The highest BCUT2D eigenvalue weighted by atomic mass is 127. The number of aryl methyl sites for hydroxylation is 3. The van der Waals surface area contributed by atoms with Crippen molar-refractivity contribution in [2.24, 2.45) is 10.7 Å². The fourth-order valence-electron chi connectivity index (χ4n) is 3.21. The summed E-state index contributed by atoms with van der Waals surface area (Å²) < 4.78 is 2.18. The standard InChI is InChI=1S/C18H26N6.HI/c1-3-13-8-7-9-14(4-2)17(13)21-18(19)20-12-16-23-22-15-10-5-6-11-24(15)16;/h7-9H,3-6,10-12H2,1-2H3,(H3,19,20,21);1H. The third kappa shape index (κ3) is 4.50. The van der Waals surface area contributed by atoms with Crippen molar-refractivity contribution in [2.75, 3.05) is 5.32 Å². The Kier molecular flexibility index (Phi) is 7.22. The van der Waals surface area contributed by atoms with E-state index in [2.05, 4.69) is 57.1 Å². The summed E-state index contributed by atoms with van der Waals surface area (Å²) in [6.07, 6.45) is 5.30. The monoisotopic (exact) mass is 454 g/mol. The van der Waals surface area contributed by atoms with E-state index in [1.165, 1.54) is 24.0 Å². The van der Waals surface area contributed by atoms with Crippen molar-refractivity contribution < 1.29 is 0 Å². The quantitative estimate of drug-likeness (QED) is 0.413. The molecule has 0 aliphatic carbocycles. The summed E-state index contributed by atoms with van der Waals surface area (Å²) in [6.45, 7) is 5.74. The Morgan fingerprint density at radius 2 is 1.92 bits per heavy atom. The van der Waals surface area contributed by atoms with Crippen LogP contribution in [0.2, 0.25) is 0 Å². The molecule has 0 bridgehead atoms. The van der Waals surface area contributed by atoms with Crippen molar-refractivity contribution in [1.29, 1.82) is 0 Å². The number of benzene rings is 1. The molecule has 7 heteroatoms. The lowest BCUT2D eigenvalue weighted by Gasteiger charge is -2.15. The lowest BCUT2D eigenvalue weighted by atomic mass is 10.0. The molecule has 0 fully saturated rings. The molecule has 0 amide bonds. The van der Waals surface area contributed by atoms with E-state index in [1.807, 2.05) is 0 Å². The SMILES string of the molecule is CCc1cccc(CC)c1NC(N)=NCc1nnc2n1CCCC2.I. The molecule has 1 aromatic carbocycles. The van der Waals surface area contributed by atoms with Gasteiger partial charge in [0.05, 0.1) is 0 Å². The van der Waals surface area contributed by atoms with E-state index in [0.29, 0.717) is 12.5 Å². The molecule has 2 aromatic rings. The number of halogens is 1. The van der Waals surface area contributed by atoms with Gasteiger partial charge in [-0.15, -0.1) is 34.2 Å². The van der Waals surface area contributed by atoms with Gasteiger partial charge >= 0.3 is 0 Å². The minimum Gasteiger partial charge on any atom is -0.370 e. The molecule has 136 valence electrons. The van der Waals surface area contributed by atoms with Crippen LogP contribution in [0.5, 0.6) is 0 Å². The molecule has 1 aromatic heterocycles. The van der Waals surface area contributed by atoms with Gasteiger partial charge in [-0.2, -0.15) is 0 Å². The first-order valence-electron chi connectivity index (χ1n) is 8.81. The summed E-state index contributed by atoms with van der Waals surface area (Å²) >= 11 is 0. The van der Waals surface area contributed by atoms with Crippen LogP contribution in [-0.2, 0) is 32.4 Å². The van der Waals surface area contributed by atoms with Crippen molar-refractivity contribution in [2.45, 2.75) is 59.0 Å². The summed E-state index contributed by atoms with van der Waals surface area (Å²) in [6, 6.07) is 6.35. The molecule has 0 atom stereocenters. The van der Waals surface area contributed by atoms with Gasteiger partial charge in [-0.25, -0.2) is 4.99 Å². The predicted octanol–water partition coefficient (Wildman–Crippen LogP) is 3.28. The first-order valence-corrected chi connectivity index (χ1v) is 8.81. The molecule has 0 radical (unpaired) electrons. The Bertz CT molecular complexity index is 715. The number of anilines is 1. The summed E-state index contributed by atoms with van der Waals surface area (Å²) in [5.41, 5.74) is 9.73. The molecular weight excluding hydrogens is 427 g/mol. The molecular formula is C18H27IN6. The zero-order valence-corrected chi connectivity index (χ0v) is 17.3. The first kappa shape index (κ1) is 19.7. The fourth-order valence-corrected chi connectivity index (χ4v) is 3.21. The van der Waals surface area contributed by atoms with Gasteiger partial charge in [0, 0.05) is 18.7 Å². The Morgan fingerprint density at radius 1 is 1.20 bits per heavy atom. The van der Waals surface area contributed by atoms with Gasteiger partial charge < -0.3 is 15.6 Å². The van der Waals surface area contributed by atoms with E-state index in [9.17, 15) is 0 Å². The molecule has 2 heterocycles. The van der Waals surface area contributed by atoms with E-state index in [-0.39, 0.29) is 24.0 Å². The smallest absolute Gasteiger partial charge is 0.193 e. The van der Waals surface area contributed by atoms with Crippen LogP contribution in [0.1, 0.15) is 49.5 Å². The first-order chi connectivity index (χ1) is 11.7. The minimum atomic E-state index is 0. The number of hydrogen-bond donors (Lipinski definition) is 2. The van der Waals surface area contributed by atoms with Crippen LogP contribution in [0.15, 0.2) is 23.2 Å². The average Bonchev–Trinajstić information content (AvgIpc) is 3.03. The normalized spacial score (nSPS) is 13.9. The Labute approximate surface area is 166 Å². The lowest BCUT2D eigenvalue weighted by Crippen LogP contribution is -2.24. The topological polar surface area (TPSA) is 81.1 Å². The Balaban J connectivity index is 0.00000225. The number of rotatable bonds is 5. The van der Waals surface area contributed by atoms with Gasteiger partial charge in [-0.05, 0) is 36.8 Å². The van der Waals surface area contributed by atoms with Crippen LogP contribution in [0.4, 0.5) is 5.69 Å². The second kappa shape index (κ2) is 9.17. The predicted molar refractivity (Wildman–Crippen MR) is 113 cm³/mol. The average molecular weight is 454 g/mol. The number of fused-ring (bicyclic) bond motifs is 1. The summed E-state index contributed by atoms with van der Waals surface area (Å²) in [5, 5.41) is 11.8. The molecule has 6 nitrogen and oxygen atoms in total. The Morgan fingerprint density at radius 3 is 2.60 bits per heavy atom. The molecule has 25 heavy (non-hydrogen) atoms. The van der Waals surface area contributed by atoms with Gasteiger partial charge in [0.15, 0.2) is 11.8 Å². The largest absolute Gasteiger partial charge is 0.370 e. The molecule has 0 saturated heterocycles. The Hall–Kier alpha value is -1.64. The molecule has 3 N–H and O–H groups in total. The summed E-state index contributed by atoms with van der Waals surface area (Å²) in [4.78, 5) is 4.48. The number of para-hydroxylation sites is 1. The molecule has 0 spiro atoms. The van der Waals surface area contributed by atoms with Crippen molar-refractivity contribution in [1.82, 2.24) is 14.8 Å². The highest BCUT2D eigenvalue weighted by molar-refractivity contribution is 14.0. The molecule has 0 saturated carbocycles. The van der Waals surface area contributed by atoms with Crippen molar-refractivity contribution in [3.05, 3.63) is 41.0 Å². The third-order valence-electron chi connectivity index (χ3n) is 4.58. The van der Waals surface area contributed by atoms with Crippen molar-refractivity contribution in [3.8, 4) is 0 Å². The highest BCUT2D eigenvalue weighted by Crippen LogP contribution is 2.22. The second-order valence-electron chi connectivity index (χ2n) is 6.13. The maximum Gasteiger partial charge on any atom is 0.193 e. The minimum absolute atomic E-state index is 0. The van der Waals surface area contributed by atoms with Crippen molar-refractivity contribution in [3.63, 3.8) is 0 Å². The highest BCUT2D eigenvalue weighted by Gasteiger charge is 2.15. The maximum absolute atomic E-state index is 6.13. The number of nitrogens with two attached hydrogens (primary N) is 1. The van der Waals surface area contributed by atoms with Gasteiger partial charge in [0.2, 0.25) is 0 Å². The zero-order chi connectivity index (χ0) is 16.9. The van der Waals surface area contributed by atoms with E-state index < -0.39 is 0 Å². The molecule has 1 aliphatic heterocycles. The number of nitrogens with zero attached hydrogens (tertiary/aromatic N) is 4. The van der Waals surface area contributed by atoms with Crippen LogP contribution in [-0.4, -0.2) is 20.7 Å². The van der Waals surface area contributed by atoms with Gasteiger partial charge in [-0.3, -0.25) is 0 Å². The maximum atomic E-state index is 6.13. The van der Waals surface area contributed by atoms with E-state index in [1.54, 1.807) is 0 Å².